The van der Waals surface area contributed by atoms with Gasteiger partial charge in [0, 0.05) is 30.5 Å². The lowest BCUT2D eigenvalue weighted by Crippen LogP contribution is -2.51. The van der Waals surface area contributed by atoms with Crippen molar-refractivity contribution in [3.63, 3.8) is 0 Å². The first-order chi connectivity index (χ1) is 15.6. The minimum absolute atomic E-state index is 0.0150. The van der Waals surface area contributed by atoms with E-state index in [-0.39, 0.29) is 24.2 Å². The fourth-order valence-electron chi connectivity index (χ4n) is 4.06. The van der Waals surface area contributed by atoms with Crippen molar-refractivity contribution in [2.45, 2.75) is 37.8 Å². The summed E-state index contributed by atoms with van der Waals surface area (Å²) in [5.41, 5.74) is 1.05. The summed E-state index contributed by atoms with van der Waals surface area (Å²) in [7, 11) is 0. The molecule has 0 saturated carbocycles. The van der Waals surface area contributed by atoms with E-state index < -0.39 is 54.8 Å². The first kappa shape index (κ1) is 22.8. The standard InChI is InChI=1S/C22H19F5N4O2/c23-15-3-1-2-12(8-15)17-10-22(26,27)6-7-30(17)31-11-14-5-4-13(9-16(14)21(31)32)19(28)33-20(29)18(24)25/h1-5,8-9,17-18,28-29H,6-7,10-11H2. The molecule has 0 spiro atoms. The van der Waals surface area contributed by atoms with Crippen LogP contribution >= 0.6 is 0 Å². The van der Waals surface area contributed by atoms with E-state index in [2.05, 4.69) is 4.74 Å². The molecular formula is C22H19F5N4O2. The Balaban J connectivity index is 1.60. The summed E-state index contributed by atoms with van der Waals surface area (Å²) in [6, 6.07) is 8.59. The molecule has 2 aliphatic heterocycles. The van der Waals surface area contributed by atoms with Crippen LogP contribution < -0.4 is 0 Å². The summed E-state index contributed by atoms with van der Waals surface area (Å²) in [4.78, 5) is 13.2. The van der Waals surface area contributed by atoms with Crippen LogP contribution in [0.1, 0.15) is 45.9 Å². The lowest BCUT2D eigenvalue weighted by atomic mass is 9.94. The number of carbonyl (C=O) groups excluding carboxylic acids is 1. The molecule has 1 fully saturated rings. The highest BCUT2D eigenvalue weighted by Crippen LogP contribution is 2.42. The fourth-order valence-corrected chi connectivity index (χ4v) is 4.06. The van der Waals surface area contributed by atoms with E-state index in [9.17, 15) is 26.7 Å². The third-order valence-electron chi connectivity index (χ3n) is 5.67. The largest absolute Gasteiger partial charge is 0.419 e. The lowest BCUT2D eigenvalue weighted by molar-refractivity contribution is -0.136. The molecule has 1 atom stereocenters. The number of rotatable bonds is 4. The Morgan fingerprint density at radius 3 is 2.61 bits per heavy atom. The van der Waals surface area contributed by atoms with E-state index in [1.165, 1.54) is 52.5 Å². The van der Waals surface area contributed by atoms with E-state index in [1.54, 1.807) is 0 Å². The molecule has 1 unspecified atom stereocenters. The number of piperidine rings is 1. The smallest absolute Gasteiger partial charge is 0.312 e. The number of nitrogens with one attached hydrogen (secondary N) is 2. The number of nitrogens with zero attached hydrogens (tertiary/aromatic N) is 2. The summed E-state index contributed by atoms with van der Waals surface area (Å²) >= 11 is 0. The van der Waals surface area contributed by atoms with Gasteiger partial charge in [0.05, 0.1) is 12.6 Å². The van der Waals surface area contributed by atoms with Crippen molar-refractivity contribution in [1.82, 2.24) is 10.0 Å². The van der Waals surface area contributed by atoms with Crippen LogP contribution in [0.4, 0.5) is 22.0 Å². The molecule has 33 heavy (non-hydrogen) atoms. The number of hydrogen-bond donors (Lipinski definition) is 2. The average molecular weight is 466 g/mol. The van der Waals surface area contributed by atoms with Crippen molar-refractivity contribution in [2.24, 2.45) is 0 Å². The predicted octanol–water partition coefficient (Wildman–Crippen LogP) is 4.75. The molecule has 6 nitrogen and oxygen atoms in total. The highest BCUT2D eigenvalue weighted by molar-refractivity contribution is 6.04. The number of carbonyl (C=O) groups is 1. The van der Waals surface area contributed by atoms with E-state index >= 15 is 0 Å². The van der Waals surface area contributed by atoms with Gasteiger partial charge in [-0.1, -0.05) is 18.2 Å². The van der Waals surface area contributed by atoms with Gasteiger partial charge in [-0.2, -0.15) is 8.78 Å². The van der Waals surface area contributed by atoms with Crippen LogP contribution in [0.3, 0.4) is 0 Å². The summed E-state index contributed by atoms with van der Waals surface area (Å²) in [5, 5.41) is 17.6. The molecule has 2 aliphatic rings. The van der Waals surface area contributed by atoms with Crippen molar-refractivity contribution in [1.29, 1.82) is 10.8 Å². The van der Waals surface area contributed by atoms with Gasteiger partial charge in [0.1, 0.15) is 5.82 Å². The number of amides is 1. The molecule has 2 aromatic rings. The Kier molecular flexibility index (Phi) is 5.91. The third-order valence-corrected chi connectivity index (χ3v) is 5.67. The van der Waals surface area contributed by atoms with Crippen LogP contribution in [0.5, 0.6) is 0 Å². The van der Waals surface area contributed by atoms with Gasteiger partial charge in [0.15, 0.2) is 0 Å². The zero-order valence-corrected chi connectivity index (χ0v) is 17.1. The molecular weight excluding hydrogens is 447 g/mol. The second-order valence-electron chi connectivity index (χ2n) is 7.87. The van der Waals surface area contributed by atoms with Gasteiger partial charge in [0.25, 0.3) is 17.7 Å². The first-order valence-electron chi connectivity index (χ1n) is 10.0. The lowest BCUT2D eigenvalue weighted by Gasteiger charge is -2.43. The molecule has 0 aliphatic carbocycles. The second-order valence-corrected chi connectivity index (χ2v) is 7.87. The number of halogens is 5. The molecule has 11 heteroatoms. The molecule has 1 amide bonds. The fraction of sp³-hybridized carbons (Fsp3) is 0.318. The Morgan fingerprint density at radius 2 is 1.91 bits per heavy atom. The van der Waals surface area contributed by atoms with Crippen molar-refractivity contribution in [3.8, 4) is 0 Å². The van der Waals surface area contributed by atoms with Crippen LogP contribution in [-0.4, -0.2) is 46.6 Å². The van der Waals surface area contributed by atoms with Gasteiger partial charge < -0.3 is 4.74 Å². The first-order valence-corrected chi connectivity index (χ1v) is 10.0. The summed E-state index contributed by atoms with van der Waals surface area (Å²) < 4.78 is 71.8. The Bertz CT molecular complexity index is 1120. The maximum atomic E-state index is 14.2. The Hall–Kier alpha value is -3.34. The summed E-state index contributed by atoms with van der Waals surface area (Å²) in [6.45, 7) is -0.0574. The van der Waals surface area contributed by atoms with Crippen LogP contribution in [0, 0.1) is 16.6 Å². The molecule has 2 heterocycles. The number of alkyl halides is 4. The van der Waals surface area contributed by atoms with E-state index in [0.717, 1.165) is 0 Å². The van der Waals surface area contributed by atoms with Crippen molar-refractivity contribution < 1.29 is 31.5 Å². The maximum Gasteiger partial charge on any atom is 0.312 e. The van der Waals surface area contributed by atoms with Gasteiger partial charge in [-0.25, -0.2) is 18.2 Å². The molecule has 2 aromatic carbocycles. The van der Waals surface area contributed by atoms with Gasteiger partial charge >= 0.3 is 6.43 Å². The zero-order valence-electron chi connectivity index (χ0n) is 17.1. The third kappa shape index (κ3) is 4.58. The average Bonchev–Trinajstić information content (AvgIpc) is 3.08. The number of fused-ring (bicyclic) bond motifs is 1. The molecule has 174 valence electrons. The van der Waals surface area contributed by atoms with Gasteiger partial charge in [-0.3, -0.25) is 20.6 Å². The quantitative estimate of drug-likeness (QED) is 0.388. The van der Waals surface area contributed by atoms with E-state index in [1.807, 2.05) is 0 Å². The highest BCUT2D eigenvalue weighted by Gasteiger charge is 2.45. The molecule has 0 aromatic heterocycles. The van der Waals surface area contributed by atoms with Crippen molar-refractivity contribution in [3.05, 3.63) is 70.5 Å². The molecule has 0 radical (unpaired) electrons. The van der Waals surface area contributed by atoms with Gasteiger partial charge in [-0.05, 0) is 35.4 Å². The number of hydrogen-bond acceptors (Lipinski definition) is 5. The molecule has 4 rings (SSSR count). The Morgan fingerprint density at radius 1 is 1.15 bits per heavy atom. The van der Waals surface area contributed by atoms with Crippen LogP contribution in [0.15, 0.2) is 42.5 Å². The van der Waals surface area contributed by atoms with Crippen molar-refractivity contribution >= 4 is 17.7 Å². The number of hydrazine groups is 1. The van der Waals surface area contributed by atoms with E-state index in [0.29, 0.717) is 11.1 Å². The van der Waals surface area contributed by atoms with Crippen LogP contribution in [0.2, 0.25) is 0 Å². The van der Waals surface area contributed by atoms with E-state index in [4.69, 9.17) is 10.8 Å². The van der Waals surface area contributed by atoms with Gasteiger partial charge in [-0.15, -0.1) is 0 Å². The SMILES string of the molecule is N=C(OC(=N)C(F)F)c1ccc2c(c1)C(=O)N(N1CCC(F)(F)CC1c1cccc(F)c1)C2. The number of benzene rings is 2. The highest BCUT2D eigenvalue weighted by atomic mass is 19.3. The molecule has 2 N–H and O–H groups in total. The maximum absolute atomic E-state index is 14.2. The predicted molar refractivity (Wildman–Crippen MR) is 108 cm³/mol. The summed E-state index contributed by atoms with van der Waals surface area (Å²) in [6.07, 6.45) is -4.25. The second kappa shape index (κ2) is 8.54. The van der Waals surface area contributed by atoms with Crippen molar-refractivity contribution in [2.75, 3.05) is 6.54 Å². The topological polar surface area (TPSA) is 80.5 Å². The van der Waals surface area contributed by atoms with Crippen LogP contribution in [0.25, 0.3) is 0 Å². The van der Waals surface area contributed by atoms with Gasteiger partial charge in [0.2, 0.25) is 5.90 Å². The zero-order chi connectivity index (χ0) is 23.9. The normalized spacial score (nSPS) is 20.1. The summed E-state index contributed by atoms with van der Waals surface area (Å²) in [5.74, 6) is -6.17. The molecule has 0 bridgehead atoms. The van der Waals surface area contributed by atoms with Crippen LogP contribution in [-0.2, 0) is 11.3 Å². The number of ether oxygens (including phenoxy) is 1. The minimum Gasteiger partial charge on any atom is -0.419 e. The minimum atomic E-state index is -3.19. The molecule has 1 saturated heterocycles. The monoisotopic (exact) mass is 466 g/mol. The Labute approximate surface area is 185 Å².